The van der Waals surface area contributed by atoms with Gasteiger partial charge in [0, 0.05) is 5.92 Å². The van der Waals surface area contributed by atoms with Crippen LogP contribution in [0, 0.1) is 16.7 Å². The SMILES string of the molecule is CC1(C)C(C(=O)N[C@H](CO)Cc2ccccc2)C1(C)C. The first kappa shape index (κ1) is 15.0. The van der Waals surface area contributed by atoms with Gasteiger partial charge >= 0.3 is 0 Å². The first-order valence-electron chi connectivity index (χ1n) is 7.26. The van der Waals surface area contributed by atoms with Crippen LogP contribution in [0.3, 0.4) is 0 Å². The van der Waals surface area contributed by atoms with E-state index in [-0.39, 0.29) is 35.3 Å². The molecule has 0 aromatic heterocycles. The van der Waals surface area contributed by atoms with Crippen LogP contribution in [-0.2, 0) is 11.2 Å². The topological polar surface area (TPSA) is 49.3 Å². The minimum absolute atomic E-state index is 0.0276. The van der Waals surface area contributed by atoms with Gasteiger partial charge in [0.1, 0.15) is 0 Å². The first-order chi connectivity index (χ1) is 9.30. The zero-order valence-electron chi connectivity index (χ0n) is 12.8. The van der Waals surface area contributed by atoms with Gasteiger partial charge in [0.15, 0.2) is 0 Å². The number of hydrogen-bond acceptors (Lipinski definition) is 2. The molecule has 0 radical (unpaired) electrons. The fourth-order valence-corrected chi connectivity index (χ4v) is 3.20. The van der Waals surface area contributed by atoms with Gasteiger partial charge in [-0.3, -0.25) is 4.79 Å². The number of amides is 1. The molecule has 1 aromatic carbocycles. The lowest BCUT2D eigenvalue weighted by atomic mass is 10.0. The van der Waals surface area contributed by atoms with Crippen molar-refractivity contribution in [2.75, 3.05) is 6.61 Å². The van der Waals surface area contributed by atoms with Crippen LogP contribution in [0.15, 0.2) is 30.3 Å². The Hall–Kier alpha value is -1.35. The van der Waals surface area contributed by atoms with E-state index in [0.29, 0.717) is 6.42 Å². The van der Waals surface area contributed by atoms with Gasteiger partial charge in [-0.05, 0) is 22.8 Å². The van der Waals surface area contributed by atoms with Crippen molar-refractivity contribution in [3.8, 4) is 0 Å². The number of carbonyl (C=O) groups excluding carboxylic acids is 1. The van der Waals surface area contributed by atoms with Crippen LogP contribution in [0.4, 0.5) is 0 Å². The summed E-state index contributed by atoms with van der Waals surface area (Å²) in [5, 5.41) is 12.5. The third kappa shape index (κ3) is 2.59. The molecule has 1 fully saturated rings. The summed E-state index contributed by atoms with van der Waals surface area (Å²) in [6.07, 6.45) is 0.663. The summed E-state index contributed by atoms with van der Waals surface area (Å²) in [7, 11) is 0. The van der Waals surface area contributed by atoms with Crippen molar-refractivity contribution in [1.29, 1.82) is 0 Å². The minimum Gasteiger partial charge on any atom is -0.394 e. The molecular weight excluding hydrogens is 250 g/mol. The summed E-state index contributed by atoms with van der Waals surface area (Å²) < 4.78 is 0. The van der Waals surface area contributed by atoms with Crippen LogP contribution >= 0.6 is 0 Å². The molecule has 0 unspecified atom stereocenters. The third-order valence-electron chi connectivity index (χ3n) is 5.17. The van der Waals surface area contributed by atoms with E-state index in [9.17, 15) is 9.90 Å². The van der Waals surface area contributed by atoms with Crippen molar-refractivity contribution >= 4 is 5.91 Å². The van der Waals surface area contributed by atoms with E-state index in [1.54, 1.807) is 0 Å². The molecule has 1 aliphatic carbocycles. The van der Waals surface area contributed by atoms with Crippen molar-refractivity contribution in [2.24, 2.45) is 16.7 Å². The molecular formula is C17H25NO2. The first-order valence-corrected chi connectivity index (χ1v) is 7.26. The van der Waals surface area contributed by atoms with Gasteiger partial charge in [-0.2, -0.15) is 0 Å². The fourth-order valence-electron chi connectivity index (χ4n) is 3.20. The van der Waals surface area contributed by atoms with Crippen LogP contribution in [0.1, 0.15) is 33.3 Å². The molecule has 1 saturated carbocycles. The number of aliphatic hydroxyl groups is 1. The number of aliphatic hydroxyl groups excluding tert-OH is 1. The second-order valence-corrected chi connectivity index (χ2v) is 6.95. The third-order valence-corrected chi connectivity index (χ3v) is 5.17. The van der Waals surface area contributed by atoms with E-state index >= 15 is 0 Å². The van der Waals surface area contributed by atoms with E-state index in [0.717, 1.165) is 5.56 Å². The predicted octanol–water partition coefficient (Wildman–Crippen LogP) is 2.39. The Morgan fingerprint density at radius 1 is 1.20 bits per heavy atom. The maximum atomic E-state index is 12.4. The Morgan fingerprint density at radius 3 is 2.20 bits per heavy atom. The second-order valence-electron chi connectivity index (χ2n) is 6.95. The van der Waals surface area contributed by atoms with Crippen LogP contribution in [0.25, 0.3) is 0 Å². The lowest BCUT2D eigenvalue weighted by molar-refractivity contribution is -0.124. The molecule has 0 saturated heterocycles. The predicted molar refractivity (Wildman–Crippen MR) is 80.2 cm³/mol. The molecule has 3 heteroatoms. The Labute approximate surface area is 121 Å². The number of hydrogen-bond donors (Lipinski definition) is 2. The summed E-state index contributed by atoms with van der Waals surface area (Å²) in [5.74, 6) is 0.0924. The van der Waals surface area contributed by atoms with Gasteiger partial charge in [0.25, 0.3) is 0 Å². The number of benzene rings is 1. The number of nitrogens with one attached hydrogen (secondary N) is 1. The minimum atomic E-state index is -0.211. The smallest absolute Gasteiger partial charge is 0.224 e. The van der Waals surface area contributed by atoms with Gasteiger partial charge < -0.3 is 10.4 Å². The van der Waals surface area contributed by atoms with E-state index < -0.39 is 0 Å². The second kappa shape index (κ2) is 5.21. The van der Waals surface area contributed by atoms with Gasteiger partial charge in [-0.15, -0.1) is 0 Å². The van der Waals surface area contributed by atoms with Crippen LogP contribution in [0.2, 0.25) is 0 Å². The summed E-state index contributed by atoms with van der Waals surface area (Å²) in [6.45, 7) is 8.48. The van der Waals surface area contributed by atoms with E-state index in [2.05, 4.69) is 33.0 Å². The molecule has 20 heavy (non-hydrogen) atoms. The molecule has 2 N–H and O–H groups in total. The summed E-state index contributed by atoms with van der Waals surface area (Å²) in [6, 6.07) is 9.72. The largest absolute Gasteiger partial charge is 0.394 e. The van der Waals surface area contributed by atoms with E-state index in [1.165, 1.54) is 0 Å². The van der Waals surface area contributed by atoms with Crippen molar-refractivity contribution in [3.63, 3.8) is 0 Å². The number of carbonyl (C=O) groups is 1. The Bertz CT molecular complexity index is 465. The highest BCUT2D eigenvalue weighted by atomic mass is 16.3. The van der Waals surface area contributed by atoms with Crippen molar-refractivity contribution < 1.29 is 9.90 Å². The summed E-state index contributed by atoms with van der Waals surface area (Å²) >= 11 is 0. The molecule has 1 aliphatic rings. The molecule has 0 heterocycles. The molecule has 3 nitrogen and oxygen atoms in total. The van der Waals surface area contributed by atoms with Crippen molar-refractivity contribution in [3.05, 3.63) is 35.9 Å². The van der Waals surface area contributed by atoms with Crippen molar-refractivity contribution in [1.82, 2.24) is 5.32 Å². The Morgan fingerprint density at radius 2 is 1.75 bits per heavy atom. The molecule has 1 atom stereocenters. The van der Waals surface area contributed by atoms with E-state index in [4.69, 9.17) is 0 Å². The van der Waals surface area contributed by atoms with Gasteiger partial charge in [0.05, 0.1) is 12.6 Å². The van der Waals surface area contributed by atoms with Crippen molar-refractivity contribution in [2.45, 2.75) is 40.2 Å². The Kier molecular flexibility index (Phi) is 3.92. The maximum Gasteiger partial charge on any atom is 0.224 e. The molecule has 1 aromatic rings. The molecule has 1 amide bonds. The van der Waals surface area contributed by atoms with E-state index in [1.807, 2.05) is 30.3 Å². The highest BCUT2D eigenvalue weighted by molar-refractivity contribution is 5.84. The number of rotatable bonds is 5. The Balaban J connectivity index is 1.96. The zero-order chi connectivity index (χ0) is 15.0. The van der Waals surface area contributed by atoms with Crippen LogP contribution in [0.5, 0.6) is 0 Å². The molecule has 0 aliphatic heterocycles. The standard InChI is InChI=1S/C17H25NO2/c1-16(2)14(17(16,3)4)15(20)18-13(11-19)10-12-8-6-5-7-9-12/h5-9,13-14,19H,10-11H2,1-4H3,(H,18,20)/t13-/m0/s1. The highest BCUT2D eigenvalue weighted by Gasteiger charge is 2.68. The van der Waals surface area contributed by atoms with Crippen LogP contribution in [-0.4, -0.2) is 23.7 Å². The molecule has 2 rings (SSSR count). The highest BCUT2D eigenvalue weighted by Crippen LogP contribution is 2.68. The lowest BCUT2D eigenvalue weighted by Crippen LogP contribution is -2.40. The fraction of sp³-hybridized carbons (Fsp3) is 0.588. The normalized spacial score (nSPS) is 21.2. The molecule has 0 spiro atoms. The molecule has 0 bridgehead atoms. The lowest BCUT2D eigenvalue weighted by Gasteiger charge is -2.17. The zero-order valence-corrected chi connectivity index (χ0v) is 12.8. The van der Waals surface area contributed by atoms with Gasteiger partial charge in [-0.25, -0.2) is 0 Å². The quantitative estimate of drug-likeness (QED) is 0.867. The summed E-state index contributed by atoms with van der Waals surface area (Å²) in [4.78, 5) is 12.4. The summed E-state index contributed by atoms with van der Waals surface area (Å²) in [5.41, 5.74) is 1.19. The average Bonchev–Trinajstić information content (AvgIpc) is 2.80. The van der Waals surface area contributed by atoms with Crippen LogP contribution < -0.4 is 5.32 Å². The molecule has 110 valence electrons. The monoisotopic (exact) mass is 275 g/mol. The maximum absolute atomic E-state index is 12.4. The average molecular weight is 275 g/mol. The van der Waals surface area contributed by atoms with Gasteiger partial charge in [0.2, 0.25) is 5.91 Å². The van der Waals surface area contributed by atoms with Gasteiger partial charge in [-0.1, -0.05) is 58.0 Å².